The lowest BCUT2D eigenvalue weighted by molar-refractivity contribution is 0.104. The molecule has 2 heterocycles. The molecule has 0 atom stereocenters. The predicted octanol–water partition coefficient (Wildman–Crippen LogP) is 4.19. The highest BCUT2D eigenvalue weighted by Crippen LogP contribution is 2.27. The predicted molar refractivity (Wildman–Crippen MR) is 69.6 cm³/mol. The minimum Gasteiger partial charge on any atom is -0.288 e. The average Bonchev–Trinajstić information content (AvgIpc) is 2.97. The Hall–Kier alpha value is -1.45. The molecule has 2 aromatic heterocycles. The van der Waals surface area contributed by atoms with Gasteiger partial charge in [0.15, 0.2) is 0 Å². The highest BCUT2D eigenvalue weighted by molar-refractivity contribution is 7.21. The number of ketones is 1. The third-order valence-electron chi connectivity index (χ3n) is 2.43. The van der Waals surface area contributed by atoms with Crippen molar-refractivity contribution in [3.63, 3.8) is 0 Å². The van der Waals surface area contributed by atoms with E-state index in [1.165, 1.54) is 4.70 Å². The molecule has 3 heteroatoms. The summed E-state index contributed by atoms with van der Waals surface area (Å²) in [5.41, 5.74) is 0.788. The summed E-state index contributed by atoms with van der Waals surface area (Å²) in [6, 6.07) is 11.9. The van der Waals surface area contributed by atoms with Gasteiger partial charge in [-0.05, 0) is 29.0 Å². The van der Waals surface area contributed by atoms with Gasteiger partial charge in [0.2, 0.25) is 5.78 Å². The first-order valence-electron chi connectivity index (χ1n) is 4.90. The van der Waals surface area contributed by atoms with Crippen molar-refractivity contribution in [1.82, 2.24) is 0 Å². The number of benzene rings is 1. The highest BCUT2D eigenvalue weighted by atomic mass is 32.1. The van der Waals surface area contributed by atoms with Gasteiger partial charge in [-0.3, -0.25) is 4.79 Å². The van der Waals surface area contributed by atoms with Gasteiger partial charge in [0.1, 0.15) is 0 Å². The maximum absolute atomic E-state index is 12.1. The van der Waals surface area contributed by atoms with E-state index in [2.05, 4.69) is 0 Å². The van der Waals surface area contributed by atoms with Crippen LogP contribution in [0.4, 0.5) is 0 Å². The molecule has 16 heavy (non-hydrogen) atoms. The lowest BCUT2D eigenvalue weighted by Crippen LogP contribution is -1.94. The van der Waals surface area contributed by atoms with Crippen molar-refractivity contribution in [3.05, 3.63) is 57.6 Å². The van der Waals surface area contributed by atoms with E-state index in [0.29, 0.717) is 0 Å². The van der Waals surface area contributed by atoms with E-state index in [4.69, 9.17) is 0 Å². The summed E-state index contributed by atoms with van der Waals surface area (Å²) in [6.07, 6.45) is 0. The first kappa shape index (κ1) is 9.75. The van der Waals surface area contributed by atoms with Crippen LogP contribution in [-0.2, 0) is 0 Å². The molecule has 0 fully saturated rings. The van der Waals surface area contributed by atoms with Crippen LogP contribution in [-0.4, -0.2) is 5.78 Å². The van der Waals surface area contributed by atoms with Crippen LogP contribution in [0, 0.1) is 0 Å². The largest absolute Gasteiger partial charge is 0.288 e. The Balaban J connectivity index is 2.10. The van der Waals surface area contributed by atoms with Crippen LogP contribution in [0.1, 0.15) is 15.2 Å². The van der Waals surface area contributed by atoms with Crippen molar-refractivity contribution < 1.29 is 4.79 Å². The normalized spacial score (nSPS) is 10.8. The Morgan fingerprint density at radius 1 is 1.12 bits per heavy atom. The van der Waals surface area contributed by atoms with Crippen molar-refractivity contribution in [2.75, 3.05) is 0 Å². The first-order valence-corrected chi connectivity index (χ1v) is 6.66. The van der Waals surface area contributed by atoms with Crippen molar-refractivity contribution in [2.45, 2.75) is 0 Å². The van der Waals surface area contributed by atoms with E-state index in [1.807, 2.05) is 47.2 Å². The molecule has 78 valence electrons. The maximum atomic E-state index is 12.1. The van der Waals surface area contributed by atoms with Gasteiger partial charge >= 0.3 is 0 Å². The summed E-state index contributed by atoms with van der Waals surface area (Å²) in [7, 11) is 0. The molecule has 0 unspecified atom stereocenters. The monoisotopic (exact) mass is 244 g/mol. The molecule has 3 aromatic rings. The minimum absolute atomic E-state index is 0.127. The van der Waals surface area contributed by atoms with Gasteiger partial charge in [-0.2, -0.15) is 11.3 Å². The zero-order chi connectivity index (χ0) is 11.0. The number of rotatable bonds is 2. The lowest BCUT2D eigenvalue weighted by Gasteiger charge is -1.90. The summed E-state index contributed by atoms with van der Waals surface area (Å²) >= 11 is 3.11. The van der Waals surface area contributed by atoms with Gasteiger partial charge in [-0.1, -0.05) is 18.2 Å². The van der Waals surface area contributed by atoms with Crippen LogP contribution in [0.2, 0.25) is 0 Å². The summed E-state index contributed by atoms with van der Waals surface area (Å²) in [5.74, 6) is 0.127. The van der Waals surface area contributed by atoms with E-state index >= 15 is 0 Å². The maximum Gasteiger partial charge on any atom is 0.203 e. The fraction of sp³-hybridized carbons (Fsp3) is 0. The topological polar surface area (TPSA) is 17.1 Å². The second kappa shape index (κ2) is 3.85. The minimum atomic E-state index is 0.127. The molecule has 0 bridgehead atoms. The van der Waals surface area contributed by atoms with Crippen molar-refractivity contribution >= 4 is 38.5 Å². The Labute approximate surface area is 101 Å². The zero-order valence-electron chi connectivity index (χ0n) is 8.34. The Morgan fingerprint density at radius 2 is 2.00 bits per heavy atom. The van der Waals surface area contributed by atoms with E-state index in [1.54, 1.807) is 22.7 Å². The van der Waals surface area contributed by atoms with Gasteiger partial charge in [-0.15, -0.1) is 11.3 Å². The number of thiophene rings is 2. The van der Waals surface area contributed by atoms with Gasteiger partial charge in [0.05, 0.1) is 4.88 Å². The van der Waals surface area contributed by atoms with Crippen LogP contribution in [0.5, 0.6) is 0 Å². The van der Waals surface area contributed by atoms with E-state index < -0.39 is 0 Å². The molecular formula is C13H8OS2. The van der Waals surface area contributed by atoms with Crippen LogP contribution < -0.4 is 0 Å². The molecule has 0 aliphatic heterocycles. The second-order valence-electron chi connectivity index (χ2n) is 3.49. The van der Waals surface area contributed by atoms with Crippen LogP contribution in [0.25, 0.3) is 10.1 Å². The fourth-order valence-corrected chi connectivity index (χ4v) is 3.29. The third-order valence-corrected chi connectivity index (χ3v) is 4.23. The molecule has 1 nitrogen and oxygen atoms in total. The SMILES string of the molecule is O=C(c1ccsc1)c1cc2ccccc2s1. The summed E-state index contributed by atoms with van der Waals surface area (Å²) < 4.78 is 1.17. The third kappa shape index (κ3) is 1.58. The van der Waals surface area contributed by atoms with Crippen LogP contribution in [0.15, 0.2) is 47.2 Å². The summed E-state index contributed by atoms with van der Waals surface area (Å²) in [4.78, 5) is 12.9. The smallest absolute Gasteiger partial charge is 0.203 e. The summed E-state index contributed by atoms with van der Waals surface area (Å²) in [6.45, 7) is 0. The molecule has 0 saturated carbocycles. The van der Waals surface area contributed by atoms with Gasteiger partial charge < -0.3 is 0 Å². The number of carbonyl (C=O) groups is 1. The number of fused-ring (bicyclic) bond motifs is 1. The highest BCUT2D eigenvalue weighted by Gasteiger charge is 2.12. The Bertz CT molecular complexity index is 602. The Kier molecular flexibility index (Phi) is 2.35. The fourth-order valence-electron chi connectivity index (χ4n) is 1.63. The molecule has 3 rings (SSSR count). The van der Waals surface area contributed by atoms with Crippen LogP contribution in [0.3, 0.4) is 0 Å². The molecule has 0 amide bonds. The lowest BCUT2D eigenvalue weighted by atomic mass is 10.2. The van der Waals surface area contributed by atoms with Crippen molar-refractivity contribution in [2.24, 2.45) is 0 Å². The standard InChI is InChI=1S/C13H8OS2/c14-13(10-5-6-15-8-10)12-7-9-3-1-2-4-11(9)16-12/h1-8H. The van der Waals surface area contributed by atoms with Gasteiger partial charge in [0, 0.05) is 15.6 Å². The number of hydrogen-bond donors (Lipinski definition) is 0. The molecule has 0 aliphatic rings. The molecule has 1 aromatic carbocycles. The molecule has 0 N–H and O–H groups in total. The van der Waals surface area contributed by atoms with Crippen LogP contribution >= 0.6 is 22.7 Å². The molecular weight excluding hydrogens is 236 g/mol. The molecule has 0 radical (unpaired) electrons. The summed E-state index contributed by atoms with van der Waals surface area (Å²) in [5, 5.41) is 4.97. The van der Waals surface area contributed by atoms with Crippen molar-refractivity contribution in [3.8, 4) is 0 Å². The number of carbonyl (C=O) groups excluding carboxylic acids is 1. The molecule has 0 saturated heterocycles. The van der Waals surface area contributed by atoms with Crippen molar-refractivity contribution in [1.29, 1.82) is 0 Å². The quantitative estimate of drug-likeness (QED) is 0.618. The van der Waals surface area contributed by atoms with E-state index in [9.17, 15) is 4.79 Å². The zero-order valence-corrected chi connectivity index (χ0v) is 9.98. The van der Waals surface area contributed by atoms with E-state index in [0.717, 1.165) is 15.8 Å². The number of hydrogen-bond acceptors (Lipinski definition) is 3. The molecule has 0 spiro atoms. The molecule has 0 aliphatic carbocycles. The average molecular weight is 244 g/mol. The van der Waals surface area contributed by atoms with Gasteiger partial charge in [0.25, 0.3) is 0 Å². The Morgan fingerprint density at radius 3 is 2.75 bits per heavy atom. The second-order valence-corrected chi connectivity index (χ2v) is 5.35. The van der Waals surface area contributed by atoms with Gasteiger partial charge in [-0.25, -0.2) is 0 Å². The first-order chi connectivity index (χ1) is 7.84. The van der Waals surface area contributed by atoms with E-state index in [-0.39, 0.29) is 5.78 Å².